The Balaban J connectivity index is 2.17. The smallest absolute Gasteiger partial charge is 0.326 e. The van der Waals surface area contributed by atoms with E-state index in [-0.39, 0.29) is 23.7 Å². The number of carbonyl (C=O) groups is 2. The van der Waals surface area contributed by atoms with Crippen molar-refractivity contribution in [3.05, 3.63) is 56.8 Å². The zero-order valence-electron chi connectivity index (χ0n) is 15.8. The minimum absolute atomic E-state index is 0.0988. The van der Waals surface area contributed by atoms with Crippen LogP contribution in [0.3, 0.4) is 0 Å². The van der Waals surface area contributed by atoms with Crippen LogP contribution in [0.5, 0.6) is 5.75 Å². The molecule has 3 rings (SSSR count). The van der Waals surface area contributed by atoms with Gasteiger partial charge in [-0.3, -0.25) is 9.59 Å². The number of hydrogen-bond donors (Lipinski definition) is 0. The standard InChI is InChI=1S/C20H18Cl2N2O4S/c1-3-27-15-6-5-7-16-18(15)24(11-17(25)28-4-2)20(29-16)23-19(26)13-9-8-12(21)10-14(13)22/h5-10H,3-4,11H2,1-2H3. The first-order valence-electron chi connectivity index (χ1n) is 8.89. The predicted octanol–water partition coefficient (Wildman–Crippen LogP) is 4.71. The van der Waals surface area contributed by atoms with Crippen LogP contribution in [-0.4, -0.2) is 29.7 Å². The number of thiazole rings is 1. The van der Waals surface area contributed by atoms with Crippen LogP contribution < -0.4 is 9.54 Å². The van der Waals surface area contributed by atoms with E-state index in [0.29, 0.717) is 27.7 Å². The van der Waals surface area contributed by atoms with Crippen LogP contribution in [0.4, 0.5) is 0 Å². The third-order valence-electron chi connectivity index (χ3n) is 3.92. The lowest BCUT2D eigenvalue weighted by molar-refractivity contribution is -0.143. The number of carbonyl (C=O) groups excluding carboxylic acids is 2. The van der Waals surface area contributed by atoms with Crippen LogP contribution in [0.25, 0.3) is 10.2 Å². The quantitative estimate of drug-likeness (QED) is 0.507. The Morgan fingerprint density at radius 2 is 1.93 bits per heavy atom. The van der Waals surface area contributed by atoms with E-state index >= 15 is 0 Å². The van der Waals surface area contributed by atoms with Gasteiger partial charge in [-0.05, 0) is 44.2 Å². The molecule has 0 unspecified atom stereocenters. The van der Waals surface area contributed by atoms with E-state index in [4.69, 9.17) is 32.7 Å². The summed E-state index contributed by atoms with van der Waals surface area (Å²) < 4.78 is 13.2. The van der Waals surface area contributed by atoms with E-state index in [1.807, 2.05) is 25.1 Å². The van der Waals surface area contributed by atoms with Gasteiger partial charge >= 0.3 is 5.97 Å². The molecule has 0 atom stereocenters. The summed E-state index contributed by atoms with van der Waals surface area (Å²) in [6.07, 6.45) is 0. The van der Waals surface area contributed by atoms with Gasteiger partial charge in [0.2, 0.25) is 0 Å². The van der Waals surface area contributed by atoms with Crippen molar-refractivity contribution in [1.82, 2.24) is 4.57 Å². The molecule has 0 aliphatic rings. The Morgan fingerprint density at radius 3 is 2.62 bits per heavy atom. The molecule has 2 aromatic carbocycles. The maximum absolute atomic E-state index is 12.7. The number of benzene rings is 2. The molecule has 1 amide bonds. The molecule has 0 bridgehead atoms. The van der Waals surface area contributed by atoms with Gasteiger partial charge in [-0.25, -0.2) is 0 Å². The van der Waals surface area contributed by atoms with Gasteiger partial charge in [0.25, 0.3) is 5.91 Å². The number of aromatic nitrogens is 1. The summed E-state index contributed by atoms with van der Waals surface area (Å²) in [4.78, 5) is 29.5. The second-order valence-electron chi connectivity index (χ2n) is 5.85. The number of fused-ring (bicyclic) bond motifs is 1. The van der Waals surface area contributed by atoms with Crippen molar-refractivity contribution < 1.29 is 19.1 Å². The molecule has 1 heterocycles. The second-order valence-corrected chi connectivity index (χ2v) is 7.71. The van der Waals surface area contributed by atoms with E-state index in [2.05, 4.69) is 4.99 Å². The van der Waals surface area contributed by atoms with Gasteiger partial charge in [0.05, 0.1) is 28.5 Å². The van der Waals surface area contributed by atoms with Crippen LogP contribution in [0, 0.1) is 0 Å². The highest BCUT2D eigenvalue weighted by molar-refractivity contribution is 7.16. The van der Waals surface area contributed by atoms with Crippen molar-refractivity contribution in [2.45, 2.75) is 20.4 Å². The monoisotopic (exact) mass is 452 g/mol. The molecular formula is C20H18Cl2N2O4S. The average Bonchev–Trinajstić information content (AvgIpc) is 3.00. The topological polar surface area (TPSA) is 69.9 Å². The minimum atomic E-state index is -0.534. The number of amides is 1. The average molecular weight is 453 g/mol. The highest BCUT2D eigenvalue weighted by Gasteiger charge is 2.17. The lowest BCUT2D eigenvalue weighted by Gasteiger charge is -2.09. The molecule has 0 radical (unpaired) electrons. The summed E-state index contributed by atoms with van der Waals surface area (Å²) in [5.74, 6) is -0.366. The zero-order chi connectivity index (χ0) is 21.0. The Kier molecular flexibility index (Phi) is 6.95. The molecule has 0 saturated heterocycles. The Bertz CT molecular complexity index is 1140. The fourth-order valence-electron chi connectivity index (χ4n) is 2.75. The fraction of sp³-hybridized carbons (Fsp3) is 0.250. The number of esters is 1. The van der Waals surface area contributed by atoms with Crippen molar-refractivity contribution >= 4 is 56.6 Å². The molecule has 0 N–H and O–H groups in total. The zero-order valence-corrected chi connectivity index (χ0v) is 18.1. The summed E-state index contributed by atoms with van der Waals surface area (Å²) in [5, 5.41) is 0.631. The number of halogens is 2. The van der Waals surface area contributed by atoms with Crippen molar-refractivity contribution in [2.75, 3.05) is 13.2 Å². The number of nitrogens with zero attached hydrogens (tertiary/aromatic N) is 2. The van der Waals surface area contributed by atoms with Gasteiger partial charge in [0.1, 0.15) is 17.8 Å². The summed E-state index contributed by atoms with van der Waals surface area (Å²) in [6, 6.07) is 10.1. The largest absolute Gasteiger partial charge is 0.492 e. The van der Waals surface area contributed by atoms with Gasteiger partial charge in [0, 0.05) is 5.02 Å². The normalized spacial score (nSPS) is 11.7. The van der Waals surface area contributed by atoms with Crippen LogP contribution in [0.2, 0.25) is 10.0 Å². The number of rotatable bonds is 6. The van der Waals surface area contributed by atoms with Gasteiger partial charge in [-0.15, -0.1) is 0 Å². The molecule has 9 heteroatoms. The van der Waals surface area contributed by atoms with Crippen LogP contribution in [-0.2, 0) is 16.1 Å². The molecule has 0 saturated carbocycles. The maximum Gasteiger partial charge on any atom is 0.326 e. The number of hydrogen-bond acceptors (Lipinski definition) is 5. The van der Waals surface area contributed by atoms with Crippen molar-refractivity contribution in [1.29, 1.82) is 0 Å². The minimum Gasteiger partial charge on any atom is -0.492 e. The van der Waals surface area contributed by atoms with Crippen LogP contribution in [0.1, 0.15) is 24.2 Å². The number of para-hydroxylation sites is 1. The third kappa shape index (κ3) is 4.80. The first-order chi connectivity index (χ1) is 13.9. The highest BCUT2D eigenvalue weighted by atomic mass is 35.5. The summed E-state index contributed by atoms with van der Waals surface area (Å²) in [7, 11) is 0. The van der Waals surface area contributed by atoms with E-state index in [9.17, 15) is 9.59 Å². The van der Waals surface area contributed by atoms with E-state index in [0.717, 1.165) is 4.70 Å². The number of ether oxygens (including phenoxy) is 2. The lowest BCUT2D eigenvalue weighted by Crippen LogP contribution is -2.23. The summed E-state index contributed by atoms with van der Waals surface area (Å²) in [6.45, 7) is 4.22. The lowest BCUT2D eigenvalue weighted by atomic mass is 10.2. The summed E-state index contributed by atoms with van der Waals surface area (Å²) in [5.41, 5.74) is 0.905. The first kappa shape index (κ1) is 21.4. The molecule has 1 aromatic heterocycles. The van der Waals surface area contributed by atoms with Crippen LogP contribution >= 0.6 is 34.5 Å². The molecule has 6 nitrogen and oxygen atoms in total. The van der Waals surface area contributed by atoms with Gasteiger partial charge in [-0.1, -0.05) is 40.6 Å². The molecule has 0 fully saturated rings. The van der Waals surface area contributed by atoms with Gasteiger partial charge in [0.15, 0.2) is 4.80 Å². The molecule has 0 spiro atoms. The SMILES string of the molecule is CCOC(=O)Cn1c(=NC(=O)c2ccc(Cl)cc2Cl)sc2cccc(OCC)c21. The van der Waals surface area contributed by atoms with Crippen molar-refractivity contribution in [3.63, 3.8) is 0 Å². The van der Waals surface area contributed by atoms with E-state index in [1.165, 1.54) is 23.5 Å². The molecule has 3 aromatic rings. The van der Waals surface area contributed by atoms with Gasteiger partial charge < -0.3 is 14.0 Å². The van der Waals surface area contributed by atoms with E-state index in [1.54, 1.807) is 17.6 Å². The molecule has 0 aliphatic carbocycles. The fourth-order valence-corrected chi connectivity index (χ4v) is 4.28. The second kappa shape index (κ2) is 9.43. The van der Waals surface area contributed by atoms with E-state index < -0.39 is 11.9 Å². The Morgan fingerprint density at radius 1 is 1.14 bits per heavy atom. The van der Waals surface area contributed by atoms with Crippen molar-refractivity contribution in [2.24, 2.45) is 4.99 Å². The highest BCUT2D eigenvalue weighted by Crippen LogP contribution is 2.28. The molecule has 29 heavy (non-hydrogen) atoms. The predicted molar refractivity (Wildman–Crippen MR) is 114 cm³/mol. The summed E-state index contributed by atoms with van der Waals surface area (Å²) >= 11 is 13.3. The Hall–Kier alpha value is -2.35. The van der Waals surface area contributed by atoms with Crippen LogP contribution in [0.15, 0.2) is 41.4 Å². The molecular weight excluding hydrogens is 435 g/mol. The van der Waals surface area contributed by atoms with Gasteiger partial charge in [-0.2, -0.15) is 4.99 Å². The Labute approximate surface area is 181 Å². The third-order valence-corrected chi connectivity index (χ3v) is 5.51. The van der Waals surface area contributed by atoms with Crippen molar-refractivity contribution in [3.8, 4) is 5.75 Å². The maximum atomic E-state index is 12.7. The molecule has 0 aliphatic heterocycles. The molecule has 152 valence electrons. The first-order valence-corrected chi connectivity index (χ1v) is 10.5.